The number of hydrogen-bond acceptors (Lipinski definition) is 5. The highest BCUT2D eigenvalue weighted by Crippen LogP contribution is 2.18. The molecule has 12 heteroatoms. The van der Waals surface area contributed by atoms with Gasteiger partial charge < -0.3 is 25.0 Å². The van der Waals surface area contributed by atoms with Crippen LogP contribution in [0.15, 0.2) is 23.3 Å². The first-order valence-corrected chi connectivity index (χ1v) is 9.10. The first-order valence-electron chi connectivity index (χ1n) is 9.10. The van der Waals surface area contributed by atoms with Gasteiger partial charge in [-0.25, -0.2) is 14.8 Å². The number of aliphatic imine (C=N–C) groups is 1. The molecule has 0 aromatic carbocycles. The maximum absolute atomic E-state index is 12.2. The van der Waals surface area contributed by atoms with Gasteiger partial charge in [-0.1, -0.05) is 0 Å². The molecule has 8 nitrogen and oxygen atoms in total. The summed E-state index contributed by atoms with van der Waals surface area (Å²) in [6.07, 6.45) is -3.44. The third kappa shape index (κ3) is 9.22. The van der Waals surface area contributed by atoms with Gasteiger partial charge in [0.2, 0.25) is 5.88 Å². The van der Waals surface area contributed by atoms with Crippen LogP contribution in [0.25, 0.3) is 0 Å². The highest BCUT2D eigenvalue weighted by Gasteiger charge is 2.29. The minimum atomic E-state index is -4.43. The molecule has 0 spiro atoms. The van der Waals surface area contributed by atoms with Gasteiger partial charge in [0, 0.05) is 38.4 Å². The standard InChI is InChI=1S/C18H26F3N5O3.HI/c1-17(2,3)29-16(27)26-8-6-25(7-9-26)15(22)24-11-13-4-5-23-14(10-13)28-12-18(19,20)21;/h4-5,10H,6-9,11-12H2,1-3H3,(H2,22,24);1H. The van der Waals surface area contributed by atoms with Crippen molar-refractivity contribution in [2.24, 2.45) is 10.7 Å². The normalized spacial score (nSPS) is 15.5. The van der Waals surface area contributed by atoms with Crippen LogP contribution in [-0.4, -0.2) is 71.4 Å². The molecule has 2 N–H and O–H groups in total. The molecule has 1 saturated heterocycles. The molecule has 30 heavy (non-hydrogen) atoms. The number of piperazine rings is 1. The Morgan fingerprint density at radius 1 is 1.20 bits per heavy atom. The Kier molecular flexibility index (Phi) is 9.43. The number of nitrogens with zero attached hydrogens (tertiary/aromatic N) is 4. The third-order valence-electron chi connectivity index (χ3n) is 3.86. The van der Waals surface area contributed by atoms with Gasteiger partial charge in [-0.2, -0.15) is 13.2 Å². The second-order valence-corrected chi connectivity index (χ2v) is 7.54. The lowest BCUT2D eigenvalue weighted by molar-refractivity contribution is -0.154. The minimum Gasteiger partial charge on any atom is -0.468 e. The van der Waals surface area contributed by atoms with Crippen LogP contribution in [0.4, 0.5) is 18.0 Å². The number of guanidine groups is 1. The van der Waals surface area contributed by atoms with Gasteiger partial charge in [0.25, 0.3) is 0 Å². The fourth-order valence-electron chi connectivity index (χ4n) is 2.50. The SMILES string of the molecule is CC(C)(C)OC(=O)N1CCN(C(N)=NCc2ccnc(OCC(F)(F)F)c2)CC1.I. The minimum absolute atomic E-state index is 0. The van der Waals surface area contributed by atoms with Crippen LogP contribution in [0.1, 0.15) is 26.3 Å². The Labute approximate surface area is 190 Å². The summed E-state index contributed by atoms with van der Waals surface area (Å²) < 4.78 is 46.7. The van der Waals surface area contributed by atoms with Crippen LogP contribution in [-0.2, 0) is 11.3 Å². The fourth-order valence-corrected chi connectivity index (χ4v) is 2.50. The zero-order valence-electron chi connectivity index (χ0n) is 17.1. The van der Waals surface area contributed by atoms with Gasteiger partial charge in [0.15, 0.2) is 12.6 Å². The number of hydrogen-bond donors (Lipinski definition) is 1. The number of rotatable bonds is 4. The van der Waals surface area contributed by atoms with Gasteiger partial charge in [-0.3, -0.25) is 0 Å². The number of amides is 1. The molecule has 0 saturated carbocycles. The van der Waals surface area contributed by atoms with Crippen molar-refractivity contribution in [3.8, 4) is 5.88 Å². The molecule has 0 radical (unpaired) electrons. The largest absolute Gasteiger partial charge is 0.468 e. The molecular weight excluding hydrogens is 518 g/mol. The van der Waals surface area contributed by atoms with E-state index in [1.807, 2.05) is 25.7 Å². The van der Waals surface area contributed by atoms with E-state index >= 15 is 0 Å². The molecule has 1 aliphatic heterocycles. The molecule has 1 aromatic heterocycles. The molecule has 2 heterocycles. The van der Waals surface area contributed by atoms with Gasteiger partial charge in [0.1, 0.15) is 5.60 Å². The average molecular weight is 545 g/mol. The van der Waals surface area contributed by atoms with E-state index in [1.54, 1.807) is 11.0 Å². The van der Waals surface area contributed by atoms with Crippen molar-refractivity contribution in [1.29, 1.82) is 0 Å². The molecule has 0 bridgehead atoms. The van der Waals surface area contributed by atoms with Crippen molar-refractivity contribution < 1.29 is 27.4 Å². The summed E-state index contributed by atoms with van der Waals surface area (Å²) >= 11 is 0. The molecular formula is C18H27F3IN5O3. The smallest absolute Gasteiger partial charge is 0.422 e. The van der Waals surface area contributed by atoms with Crippen LogP contribution in [0.5, 0.6) is 5.88 Å². The van der Waals surface area contributed by atoms with Crippen molar-refractivity contribution in [3.05, 3.63) is 23.9 Å². The Hall–Kier alpha value is -1.99. The van der Waals surface area contributed by atoms with E-state index in [9.17, 15) is 18.0 Å². The van der Waals surface area contributed by atoms with Crippen molar-refractivity contribution in [2.45, 2.75) is 39.1 Å². The number of pyridine rings is 1. The van der Waals surface area contributed by atoms with Gasteiger partial charge >= 0.3 is 12.3 Å². The van der Waals surface area contributed by atoms with E-state index in [-0.39, 0.29) is 42.5 Å². The van der Waals surface area contributed by atoms with Gasteiger partial charge in [-0.05, 0) is 32.4 Å². The zero-order valence-corrected chi connectivity index (χ0v) is 19.4. The van der Waals surface area contributed by atoms with Crippen LogP contribution in [0.3, 0.4) is 0 Å². The van der Waals surface area contributed by atoms with Crippen molar-refractivity contribution in [3.63, 3.8) is 0 Å². The molecule has 170 valence electrons. The van der Waals surface area contributed by atoms with E-state index in [2.05, 4.69) is 14.7 Å². The summed E-state index contributed by atoms with van der Waals surface area (Å²) in [5, 5.41) is 0. The first kappa shape index (κ1) is 26.0. The number of carbonyl (C=O) groups is 1. The van der Waals surface area contributed by atoms with Crippen LogP contribution < -0.4 is 10.5 Å². The molecule has 1 amide bonds. The number of carbonyl (C=O) groups excluding carboxylic acids is 1. The van der Waals surface area contributed by atoms with Crippen LogP contribution >= 0.6 is 24.0 Å². The topological polar surface area (TPSA) is 93.3 Å². The average Bonchev–Trinajstić information content (AvgIpc) is 2.63. The lowest BCUT2D eigenvalue weighted by Crippen LogP contribution is -2.53. The third-order valence-corrected chi connectivity index (χ3v) is 3.86. The van der Waals surface area contributed by atoms with Gasteiger partial charge in [0.05, 0.1) is 6.54 Å². The summed E-state index contributed by atoms with van der Waals surface area (Å²) in [6, 6.07) is 3.01. The predicted octanol–water partition coefficient (Wildman–Crippen LogP) is 3.01. The number of nitrogens with two attached hydrogens (primary N) is 1. The van der Waals surface area contributed by atoms with E-state index in [0.29, 0.717) is 37.7 Å². The van der Waals surface area contributed by atoms with Crippen molar-refractivity contribution in [1.82, 2.24) is 14.8 Å². The Balaban J connectivity index is 0.00000450. The molecule has 1 fully saturated rings. The quantitative estimate of drug-likeness (QED) is 0.356. The van der Waals surface area contributed by atoms with E-state index in [1.165, 1.54) is 12.3 Å². The first-order chi connectivity index (χ1) is 13.4. The second-order valence-electron chi connectivity index (χ2n) is 7.54. The maximum atomic E-state index is 12.2. The summed E-state index contributed by atoms with van der Waals surface area (Å²) in [5.41, 5.74) is 6.08. The highest BCUT2D eigenvalue weighted by molar-refractivity contribution is 14.0. The molecule has 0 aliphatic carbocycles. The summed E-state index contributed by atoms with van der Waals surface area (Å²) in [5.74, 6) is 0.169. The van der Waals surface area contributed by atoms with Crippen LogP contribution in [0, 0.1) is 0 Å². The number of ether oxygens (including phenoxy) is 2. The number of alkyl halides is 3. The fraction of sp³-hybridized carbons (Fsp3) is 0.611. The molecule has 0 atom stereocenters. The number of aromatic nitrogens is 1. The summed E-state index contributed by atoms with van der Waals surface area (Å²) in [7, 11) is 0. The maximum Gasteiger partial charge on any atom is 0.422 e. The Morgan fingerprint density at radius 2 is 1.80 bits per heavy atom. The second kappa shape index (κ2) is 10.9. The zero-order chi connectivity index (χ0) is 21.7. The molecule has 2 rings (SSSR count). The Bertz CT molecular complexity index is 733. The highest BCUT2D eigenvalue weighted by atomic mass is 127. The number of halogens is 4. The monoisotopic (exact) mass is 545 g/mol. The van der Waals surface area contributed by atoms with Crippen molar-refractivity contribution >= 4 is 36.0 Å². The lowest BCUT2D eigenvalue weighted by atomic mass is 10.2. The van der Waals surface area contributed by atoms with Crippen molar-refractivity contribution in [2.75, 3.05) is 32.8 Å². The van der Waals surface area contributed by atoms with E-state index in [4.69, 9.17) is 10.5 Å². The lowest BCUT2D eigenvalue weighted by Gasteiger charge is -2.36. The summed E-state index contributed by atoms with van der Waals surface area (Å²) in [4.78, 5) is 23.6. The molecule has 1 aromatic rings. The molecule has 1 aliphatic rings. The predicted molar refractivity (Wildman–Crippen MR) is 116 cm³/mol. The molecule has 0 unspecified atom stereocenters. The summed E-state index contributed by atoms with van der Waals surface area (Å²) in [6.45, 7) is 6.11. The Morgan fingerprint density at radius 3 is 2.37 bits per heavy atom. The van der Waals surface area contributed by atoms with E-state index < -0.39 is 18.4 Å². The van der Waals surface area contributed by atoms with Gasteiger partial charge in [-0.15, -0.1) is 24.0 Å². The van der Waals surface area contributed by atoms with E-state index in [0.717, 1.165) is 0 Å². The van der Waals surface area contributed by atoms with Crippen LogP contribution in [0.2, 0.25) is 0 Å².